The van der Waals surface area contributed by atoms with Gasteiger partial charge in [-0.25, -0.2) is 4.39 Å². The molecule has 1 aromatic heterocycles. The molecule has 0 saturated heterocycles. The van der Waals surface area contributed by atoms with Gasteiger partial charge in [0.1, 0.15) is 11.2 Å². The lowest BCUT2D eigenvalue weighted by atomic mass is 10.0. The second-order valence-electron chi connectivity index (χ2n) is 7.54. The first-order chi connectivity index (χ1) is 15.8. The fraction of sp³-hybridized carbons (Fsp3) is 0.167. The predicted octanol–water partition coefficient (Wildman–Crippen LogP) is 2.93. The molecule has 2 amide bonds. The predicted molar refractivity (Wildman–Crippen MR) is 119 cm³/mol. The van der Waals surface area contributed by atoms with E-state index in [1.165, 1.54) is 29.0 Å². The monoisotopic (exact) mass is 462 g/mol. The molecule has 0 bridgehead atoms. The number of hydrogen-bond acceptors (Lipinski definition) is 4. The molecule has 0 radical (unpaired) electrons. The van der Waals surface area contributed by atoms with Crippen LogP contribution in [0.4, 0.5) is 10.1 Å². The highest BCUT2D eigenvalue weighted by Gasteiger charge is 2.64. The largest absolute Gasteiger partial charge is 0.350 e. The minimum absolute atomic E-state index is 0.0245. The number of nitriles is 1. The number of anilines is 1. The fourth-order valence-corrected chi connectivity index (χ4v) is 3.56. The van der Waals surface area contributed by atoms with E-state index in [-0.39, 0.29) is 24.2 Å². The van der Waals surface area contributed by atoms with Gasteiger partial charge in [0.25, 0.3) is 5.56 Å². The van der Waals surface area contributed by atoms with E-state index in [1.54, 1.807) is 24.3 Å². The van der Waals surface area contributed by atoms with Gasteiger partial charge in [0.15, 0.2) is 0 Å². The van der Waals surface area contributed by atoms with Crippen molar-refractivity contribution in [3.8, 4) is 11.8 Å². The molecule has 2 aliphatic carbocycles. The summed E-state index contributed by atoms with van der Waals surface area (Å²) in [5, 5.41) is 15.0. The molecule has 0 unspecified atom stereocenters. The second kappa shape index (κ2) is 8.78. The number of carbonyl (C=O) groups is 2. The number of nitrogens with one attached hydrogen (secondary N) is 2. The van der Waals surface area contributed by atoms with Crippen molar-refractivity contribution in [3.05, 3.63) is 93.0 Å². The van der Waals surface area contributed by atoms with Gasteiger partial charge in [0.05, 0.1) is 34.9 Å². The highest BCUT2D eigenvalue weighted by molar-refractivity contribution is 6.31. The average Bonchev–Trinajstić information content (AvgIpc) is 3.57. The standard InChI is InChI=1S/C24H16ClFN4O3/c25-16-6-4-15(5-7-16)13-28-23(33)24(14-27)12-18(24)22(32)29-20-9-8-17(11-19(20)26)30-10-2-1-3-21(30)31/h1-4,6,8-11,18H,12-13H2,(H,28,33)(H,29,32)/t18-,24+/m0/s1. The summed E-state index contributed by atoms with van der Waals surface area (Å²) in [6, 6.07) is 10.4. The van der Waals surface area contributed by atoms with E-state index < -0.39 is 29.0 Å². The van der Waals surface area contributed by atoms with Gasteiger partial charge in [-0.15, -0.1) is 0 Å². The molecule has 2 aromatic rings. The Labute approximate surface area is 192 Å². The van der Waals surface area contributed by atoms with Crippen LogP contribution >= 0.6 is 11.6 Å². The summed E-state index contributed by atoms with van der Waals surface area (Å²) in [7, 11) is 0. The van der Waals surface area contributed by atoms with Crippen molar-refractivity contribution >= 4 is 29.1 Å². The fourth-order valence-electron chi connectivity index (χ4n) is 3.45. The third kappa shape index (κ3) is 4.43. The quantitative estimate of drug-likeness (QED) is 0.644. The van der Waals surface area contributed by atoms with Crippen molar-refractivity contribution in [1.82, 2.24) is 9.88 Å². The normalized spacial score (nSPS) is 20.3. The van der Waals surface area contributed by atoms with E-state index in [2.05, 4.69) is 22.1 Å². The molecule has 2 aliphatic rings. The van der Waals surface area contributed by atoms with Gasteiger partial charge in [-0.3, -0.25) is 19.0 Å². The first-order valence-electron chi connectivity index (χ1n) is 9.90. The Kier molecular flexibility index (Phi) is 5.87. The van der Waals surface area contributed by atoms with E-state index in [0.29, 0.717) is 16.3 Å². The molecule has 7 nitrogen and oxygen atoms in total. The first kappa shape index (κ1) is 22.1. The summed E-state index contributed by atoms with van der Waals surface area (Å²) < 4.78 is 15.9. The third-order valence-corrected chi connectivity index (χ3v) is 5.63. The van der Waals surface area contributed by atoms with Crippen LogP contribution in [0.2, 0.25) is 0 Å². The Bertz CT molecular complexity index is 1410. The number of nitrogens with zero attached hydrogens (tertiary/aromatic N) is 2. The zero-order chi connectivity index (χ0) is 23.6. The lowest BCUT2D eigenvalue weighted by Crippen LogP contribution is -2.35. The summed E-state index contributed by atoms with van der Waals surface area (Å²) in [4.78, 5) is 37.1. The second-order valence-corrected chi connectivity index (χ2v) is 7.95. The SMILES string of the molecule is N#C[C@]1(C(=O)NCC2=C=C=C(Cl)C=C2)C[C@H]1C(=O)Nc1ccc(-n2ccccc2=O)cc1F. The number of carbonyl (C=O) groups excluding carboxylic acids is 2. The van der Waals surface area contributed by atoms with Crippen LogP contribution in [-0.4, -0.2) is 22.9 Å². The summed E-state index contributed by atoms with van der Waals surface area (Å²) >= 11 is 5.75. The van der Waals surface area contributed by atoms with Crippen LogP contribution in [0.15, 0.2) is 81.6 Å². The molecule has 9 heteroatoms. The number of allylic oxidation sites excluding steroid dienone is 2. The Morgan fingerprint density at radius 1 is 1.27 bits per heavy atom. The number of hydrogen-bond donors (Lipinski definition) is 2. The third-order valence-electron chi connectivity index (χ3n) is 5.41. The van der Waals surface area contributed by atoms with Crippen molar-refractivity contribution in [2.45, 2.75) is 6.42 Å². The van der Waals surface area contributed by atoms with E-state index in [0.717, 1.165) is 6.07 Å². The molecule has 0 aliphatic heterocycles. The van der Waals surface area contributed by atoms with Crippen LogP contribution in [0.3, 0.4) is 0 Å². The zero-order valence-electron chi connectivity index (χ0n) is 17.1. The van der Waals surface area contributed by atoms with Crippen LogP contribution in [0.5, 0.6) is 0 Å². The van der Waals surface area contributed by atoms with Crippen molar-refractivity contribution < 1.29 is 14.0 Å². The molecule has 1 aromatic carbocycles. The summed E-state index contributed by atoms with van der Waals surface area (Å²) in [6.45, 7) is 0.0964. The van der Waals surface area contributed by atoms with Gasteiger partial charge in [-0.2, -0.15) is 5.26 Å². The number of halogens is 2. The van der Waals surface area contributed by atoms with Gasteiger partial charge in [0.2, 0.25) is 11.8 Å². The van der Waals surface area contributed by atoms with E-state index >= 15 is 0 Å². The lowest BCUT2D eigenvalue weighted by Gasteiger charge is -2.12. The maximum Gasteiger partial charge on any atom is 0.255 e. The van der Waals surface area contributed by atoms with Crippen LogP contribution in [0.25, 0.3) is 5.69 Å². The molecule has 1 fully saturated rings. The minimum Gasteiger partial charge on any atom is -0.350 e. The molecule has 33 heavy (non-hydrogen) atoms. The number of rotatable bonds is 6. The highest BCUT2D eigenvalue weighted by Crippen LogP contribution is 2.52. The molecule has 2 N–H and O–H groups in total. The van der Waals surface area contributed by atoms with Gasteiger partial charge in [-0.05, 0) is 42.5 Å². The van der Waals surface area contributed by atoms with Crippen LogP contribution in [0.1, 0.15) is 6.42 Å². The van der Waals surface area contributed by atoms with E-state index in [4.69, 9.17) is 11.6 Å². The summed E-state index contributed by atoms with van der Waals surface area (Å²) in [5.41, 5.74) is 4.40. The summed E-state index contributed by atoms with van der Waals surface area (Å²) in [5.74, 6) is -2.90. The van der Waals surface area contributed by atoms with Crippen LogP contribution in [-0.2, 0) is 9.59 Å². The number of aromatic nitrogens is 1. The van der Waals surface area contributed by atoms with Crippen molar-refractivity contribution in [2.75, 3.05) is 11.9 Å². The lowest BCUT2D eigenvalue weighted by molar-refractivity contribution is -0.127. The molecule has 4 rings (SSSR count). The van der Waals surface area contributed by atoms with Crippen LogP contribution in [0, 0.1) is 28.5 Å². The van der Waals surface area contributed by atoms with Gasteiger partial charge in [-0.1, -0.05) is 23.4 Å². The van der Waals surface area contributed by atoms with Gasteiger partial charge < -0.3 is 10.6 Å². The maximum atomic E-state index is 14.6. The zero-order valence-corrected chi connectivity index (χ0v) is 17.8. The number of benzene rings is 1. The number of amides is 2. The minimum atomic E-state index is -1.52. The van der Waals surface area contributed by atoms with Crippen molar-refractivity contribution in [2.24, 2.45) is 11.3 Å². The van der Waals surface area contributed by atoms with Gasteiger partial charge in [0, 0.05) is 23.9 Å². The molecule has 1 saturated carbocycles. The van der Waals surface area contributed by atoms with Crippen molar-refractivity contribution in [3.63, 3.8) is 0 Å². The maximum absolute atomic E-state index is 14.6. The molecule has 0 spiro atoms. The van der Waals surface area contributed by atoms with Gasteiger partial charge >= 0.3 is 0 Å². The average molecular weight is 463 g/mol. The molecule has 164 valence electrons. The Hall–Kier alpha value is -4.14. The molecular weight excluding hydrogens is 447 g/mol. The smallest absolute Gasteiger partial charge is 0.255 e. The topological polar surface area (TPSA) is 104 Å². The Morgan fingerprint density at radius 2 is 2.09 bits per heavy atom. The van der Waals surface area contributed by atoms with Crippen LogP contribution < -0.4 is 16.2 Å². The van der Waals surface area contributed by atoms with E-state index in [9.17, 15) is 24.0 Å². The molecular formula is C24H16ClFN4O3. The number of pyridine rings is 1. The summed E-state index contributed by atoms with van der Waals surface area (Å²) in [6.07, 6.45) is 4.78. The Balaban J connectivity index is 1.43. The molecule has 2 atom stereocenters. The van der Waals surface area contributed by atoms with E-state index in [1.807, 2.05) is 6.07 Å². The molecule has 1 heterocycles. The Morgan fingerprint density at radius 3 is 2.76 bits per heavy atom. The first-order valence-corrected chi connectivity index (χ1v) is 10.3. The highest BCUT2D eigenvalue weighted by atomic mass is 35.5. The van der Waals surface area contributed by atoms with Crippen molar-refractivity contribution in [1.29, 1.82) is 5.26 Å².